The second kappa shape index (κ2) is 12.4. The highest BCUT2D eigenvalue weighted by atomic mass is 35.5. The molecule has 0 amide bonds. The van der Waals surface area contributed by atoms with E-state index in [0.29, 0.717) is 6.61 Å². The van der Waals surface area contributed by atoms with Crippen LogP contribution in [0.1, 0.15) is 11.1 Å². The molecule has 6 heteroatoms. The van der Waals surface area contributed by atoms with Gasteiger partial charge in [0.1, 0.15) is 12.4 Å². The number of hydrogen-bond acceptors (Lipinski definition) is 3. The van der Waals surface area contributed by atoms with E-state index in [0.717, 1.165) is 36.0 Å². The molecule has 0 aliphatic rings. The summed E-state index contributed by atoms with van der Waals surface area (Å²) in [7, 11) is 4.08. The molecule has 0 bridgehead atoms. The first-order valence-corrected chi connectivity index (χ1v) is 7.85. The second-order valence-electron chi connectivity index (χ2n) is 5.37. The fourth-order valence-corrected chi connectivity index (χ4v) is 2.45. The molecule has 0 saturated carbocycles. The summed E-state index contributed by atoms with van der Waals surface area (Å²) in [6, 6.07) is 16.0. The molecular formula is C18H25Cl3N2O. The lowest BCUT2D eigenvalue weighted by atomic mass is 10.2. The van der Waals surface area contributed by atoms with E-state index in [-0.39, 0.29) is 24.8 Å². The molecule has 24 heavy (non-hydrogen) atoms. The summed E-state index contributed by atoms with van der Waals surface area (Å²) < 4.78 is 5.98. The number of halogens is 3. The lowest BCUT2D eigenvalue weighted by Crippen LogP contribution is -2.27. The van der Waals surface area contributed by atoms with Crippen molar-refractivity contribution < 1.29 is 4.74 Å². The van der Waals surface area contributed by atoms with Gasteiger partial charge in [-0.05, 0) is 37.9 Å². The molecule has 2 aromatic rings. The van der Waals surface area contributed by atoms with Crippen molar-refractivity contribution in [1.29, 1.82) is 0 Å². The van der Waals surface area contributed by atoms with Gasteiger partial charge < -0.3 is 15.0 Å². The topological polar surface area (TPSA) is 24.5 Å². The van der Waals surface area contributed by atoms with Crippen molar-refractivity contribution in [2.24, 2.45) is 0 Å². The molecule has 0 fully saturated rings. The van der Waals surface area contributed by atoms with Crippen molar-refractivity contribution in [3.63, 3.8) is 0 Å². The lowest BCUT2D eigenvalue weighted by molar-refractivity contribution is 0.285. The van der Waals surface area contributed by atoms with Crippen LogP contribution < -0.4 is 10.1 Å². The summed E-state index contributed by atoms with van der Waals surface area (Å²) in [5, 5.41) is 3.90. The number of rotatable bonds is 8. The smallest absolute Gasteiger partial charge is 0.124 e. The van der Waals surface area contributed by atoms with Crippen LogP contribution in [0.4, 0.5) is 0 Å². The molecule has 0 aromatic heterocycles. The van der Waals surface area contributed by atoms with Gasteiger partial charge in [-0.3, -0.25) is 0 Å². The highest BCUT2D eigenvalue weighted by Crippen LogP contribution is 2.21. The monoisotopic (exact) mass is 390 g/mol. The van der Waals surface area contributed by atoms with Crippen LogP contribution in [0.15, 0.2) is 48.5 Å². The first kappa shape index (κ1) is 23.0. The number of hydrogen-bond donors (Lipinski definition) is 1. The van der Waals surface area contributed by atoms with E-state index in [9.17, 15) is 0 Å². The largest absolute Gasteiger partial charge is 0.489 e. The zero-order valence-corrected chi connectivity index (χ0v) is 16.4. The molecular weight excluding hydrogens is 367 g/mol. The summed E-state index contributed by atoms with van der Waals surface area (Å²) in [6.45, 7) is 3.37. The molecule has 0 atom stereocenters. The van der Waals surface area contributed by atoms with Gasteiger partial charge >= 0.3 is 0 Å². The Morgan fingerprint density at radius 1 is 1.08 bits per heavy atom. The molecule has 0 heterocycles. The van der Waals surface area contributed by atoms with E-state index in [1.165, 1.54) is 5.56 Å². The van der Waals surface area contributed by atoms with Gasteiger partial charge in [-0.25, -0.2) is 0 Å². The first-order valence-electron chi connectivity index (χ1n) is 7.47. The van der Waals surface area contributed by atoms with E-state index in [1.807, 2.05) is 49.5 Å². The molecule has 0 aliphatic heterocycles. The molecule has 2 aromatic carbocycles. The molecule has 2 rings (SSSR count). The number of benzene rings is 2. The predicted molar refractivity (Wildman–Crippen MR) is 107 cm³/mol. The maximum absolute atomic E-state index is 6.01. The van der Waals surface area contributed by atoms with Crippen molar-refractivity contribution in [3.05, 3.63) is 64.7 Å². The number of nitrogens with one attached hydrogen (secondary N) is 1. The highest BCUT2D eigenvalue weighted by molar-refractivity contribution is 6.30. The van der Waals surface area contributed by atoms with Gasteiger partial charge in [-0.1, -0.05) is 41.9 Å². The van der Waals surface area contributed by atoms with Crippen molar-refractivity contribution in [2.45, 2.75) is 13.2 Å². The van der Waals surface area contributed by atoms with Gasteiger partial charge in [0.25, 0.3) is 0 Å². The van der Waals surface area contributed by atoms with E-state index >= 15 is 0 Å². The van der Waals surface area contributed by atoms with Gasteiger partial charge in [-0.15, -0.1) is 24.8 Å². The molecule has 134 valence electrons. The average Bonchev–Trinajstić information content (AvgIpc) is 2.52. The van der Waals surface area contributed by atoms with Gasteiger partial charge in [0.2, 0.25) is 0 Å². The van der Waals surface area contributed by atoms with Gasteiger partial charge in [0.15, 0.2) is 0 Å². The molecule has 0 saturated heterocycles. The van der Waals surface area contributed by atoms with Crippen molar-refractivity contribution >= 4 is 36.4 Å². The fraction of sp³-hybridized carbons (Fsp3) is 0.333. The van der Waals surface area contributed by atoms with Gasteiger partial charge in [-0.2, -0.15) is 0 Å². The molecule has 3 nitrogen and oxygen atoms in total. The van der Waals surface area contributed by atoms with Crippen molar-refractivity contribution in [2.75, 3.05) is 27.2 Å². The minimum atomic E-state index is 0. The van der Waals surface area contributed by atoms with Crippen LogP contribution in [0, 0.1) is 0 Å². The summed E-state index contributed by atoms with van der Waals surface area (Å²) in [5.74, 6) is 0.929. The van der Waals surface area contributed by atoms with Crippen LogP contribution in [0.25, 0.3) is 0 Å². The summed E-state index contributed by atoms with van der Waals surface area (Å²) >= 11 is 6.01. The Labute approximate surface area is 162 Å². The van der Waals surface area contributed by atoms with Crippen LogP contribution in [-0.2, 0) is 13.2 Å². The Bertz CT molecular complexity index is 596. The number of nitrogens with zero attached hydrogens (tertiary/aromatic N) is 1. The highest BCUT2D eigenvalue weighted by Gasteiger charge is 2.06. The SMILES string of the molecule is CNCCN(C)Cc1ccccc1OCc1cccc(Cl)c1.Cl.Cl. The third-order valence-corrected chi connectivity index (χ3v) is 3.67. The zero-order valence-electron chi connectivity index (χ0n) is 14.0. The number of likely N-dealkylation sites (N-methyl/N-ethyl adjacent to an activating group) is 2. The lowest BCUT2D eigenvalue weighted by Gasteiger charge is -2.19. The summed E-state index contributed by atoms with van der Waals surface area (Å²) in [6.07, 6.45) is 0. The Hall–Kier alpha value is -0.970. The Kier molecular flexibility index (Phi) is 11.9. The molecule has 0 radical (unpaired) electrons. The van der Waals surface area contributed by atoms with Gasteiger partial charge in [0, 0.05) is 30.2 Å². The average molecular weight is 392 g/mol. The molecule has 1 N–H and O–H groups in total. The van der Waals surface area contributed by atoms with Crippen molar-refractivity contribution in [1.82, 2.24) is 10.2 Å². The van der Waals surface area contributed by atoms with Crippen LogP contribution in [-0.4, -0.2) is 32.1 Å². The Balaban J connectivity index is 0.00000264. The van der Waals surface area contributed by atoms with Crippen LogP contribution >= 0.6 is 36.4 Å². The molecule has 0 unspecified atom stereocenters. The fourth-order valence-electron chi connectivity index (χ4n) is 2.24. The van der Waals surface area contributed by atoms with Crippen LogP contribution in [0.3, 0.4) is 0 Å². The zero-order chi connectivity index (χ0) is 15.8. The van der Waals surface area contributed by atoms with E-state index < -0.39 is 0 Å². The first-order chi connectivity index (χ1) is 10.7. The van der Waals surface area contributed by atoms with Crippen molar-refractivity contribution in [3.8, 4) is 5.75 Å². The van der Waals surface area contributed by atoms with E-state index in [1.54, 1.807) is 0 Å². The van der Waals surface area contributed by atoms with E-state index in [4.69, 9.17) is 16.3 Å². The number of ether oxygens (including phenoxy) is 1. The Morgan fingerprint density at radius 2 is 1.83 bits per heavy atom. The van der Waals surface area contributed by atoms with Crippen LogP contribution in [0.2, 0.25) is 5.02 Å². The maximum atomic E-state index is 6.01. The van der Waals surface area contributed by atoms with E-state index in [2.05, 4.69) is 23.3 Å². The predicted octanol–water partition coefficient (Wildman–Crippen LogP) is 4.41. The third-order valence-electron chi connectivity index (χ3n) is 3.44. The third kappa shape index (κ3) is 7.73. The number of para-hydroxylation sites is 1. The summed E-state index contributed by atoms with van der Waals surface area (Å²) in [4.78, 5) is 2.28. The minimum absolute atomic E-state index is 0. The molecule has 0 aliphatic carbocycles. The quantitative estimate of drug-likeness (QED) is 0.721. The summed E-state index contributed by atoms with van der Waals surface area (Å²) in [5.41, 5.74) is 2.27. The maximum Gasteiger partial charge on any atom is 0.124 e. The standard InChI is InChI=1S/C18H23ClN2O.2ClH/c1-20-10-11-21(2)13-16-7-3-4-9-18(16)22-14-15-6-5-8-17(19)12-15;;/h3-9,12,20H,10-11,13-14H2,1-2H3;2*1H. The normalized spacial score (nSPS) is 10.0. The second-order valence-corrected chi connectivity index (χ2v) is 5.80. The molecule has 0 spiro atoms. The minimum Gasteiger partial charge on any atom is -0.489 e. The van der Waals surface area contributed by atoms with Crippen LogP contribution in [0.5, 0.6) is 5.75 Å². The van der Waals surface area contributed by atoms with Gasteiger partial charge in [0.05, 0.1) is 0 Å². The Morgan fingerprint density at radius 3 is 2.54 bits per heavy atom.